The normalized spacial score (nSPS) is 16.6. The molecule has 0 N–H and O–H groups in total. The van der Waals surface area contributed by atoms with Crippen LogP contribution >= 0.6 is 0 Å². The van der Waals surface area contributed by atoms with Crippen molar-refractivity contribution in [2.45, 2.75) is 45.2 Å². The first-order valence-electron chi connectivity index (χ1n) is 9.72. The van der Waals surface area contributed by atoms with Crippen molar-refractivity contribution < 1.29 is 14.1 Å². The van der Waals surface area contributed by atoms with E-state index in [1.165, 1.54) is 0 Å². The maximum atomic E-state index is 13.0. The molecule has 1 amide bonds. The summed E-state index contributed by atoms with van der Waals surface area (Å²) in [7, 11) is 1.63. The van der Waals surface area contributed by atoms with Crippen molar-refractivity contribution in [2.24, 2.45) is 0 Å². The largest absolute Gasteiger partial charge is 0.497 e. The Labute approximate surface area is 168 Å². The number of benzene rings is 1. The Bertz CT molecular complexity index is 978. The Morgan fingerprint density at radius 3 is 2.79 bits per heavy atom. The Hall–Kier alpha value is -3.23. The van der Waals surface area contributed by atoms with Crippen LogP contribution in [0.2, 0.25) is 0 Å². The van der Waals surface area contributed by atoms with Crippen LogP contribution in [0, 0.1) is 0 Å². The first-order chi connectivity index (χ1) is 14.0. The first kappa shape index (κ1) is 19.1. The molecule has 152 valence electrons. The molecule has 0 saturated carbocycles. The predicted molar refractivity (Wildman–Crippen MR) is 104 cm³/mol. The summed E-state index contributed by atoms with van der Waals surface area (Å²) >= 11 is 0. The Morgan fingerprint density at radius 1 is 1.31 bits per heavy atom. The monoisotopic (exact) mass is 396 g/mol. The third kappa shape index (κ3) is 3.98. The molecule has 1 aliphatic heterocycles. The Balaban J connectivity index is 1.47. The first-order valence-corrected chi connectivity index (χ1v) is 9.72. The molecular formula is C20H24N6O3. The summed E-state index contributed by atoms with van der Waals surface area (Å²) in [6, 6.07) is 7.49. The van der Waals surface area contributed by atoms with Crippen molar-refractivity contribution in [3.8, 4) is 5.75 Å². The lowest BCUT2D eigenvalue weighted by Crippen LogP contribution is -2.31. The van der Waals surface area contributed by atoms with Crippen LogP contribution in [-0.2, 0) is 6.54 Å². The van der Waals surface area contributed by atoms with E-state index in [9.17, 15) is 4.79 Å². The van der Waals surface area contributed by atoms with Crippen molar-refractivity contribution in [2.75, 3.05) is 13.7 Å². The van der Waals surface area contributed by atoms with Crippen molar-refractivity contribution in [1.29, 1.82) is 0 Å². The number of aromatic nitrogens is 5. The van der Waals surface area contributed by atoms with Gasteiger partial charge >= 0.3 is 0 Å². The van der Waals surface area contributed by atoms with Gasteiger partial charge in [-0.3, -0.25) is 4.79 Å². The zero-order valence-corrected chi connectivity index (χ0v) is 16.8. The molecule has 1 aromatic carbocycles. The third-order valence-electron chi connectivity index (χ3n) is 5.03. The zero-order valence-electron chi connectivity index (χ0n) is 16.8. The number of amides is 1. The second-order valence-corrected chi connectivity index (χ2v) is 7.45. The molecule has 0 unspecified atom stereocenters. The molecule has 0 aliphatic carbocycles. The molecular weight excluding hydrogens is 372 g/mol. The Kier molecular flexibility index (Phi) is 5.28. The fourth-order valence-electron chi connectivity index (χ4n) is 3.42. The molecule has 29 heavy (non-hydrogen) atoms. The van der Waals surface area contributed by atoms with Crippen LogP contribution in [0.3, 0.4) is 0 Å². The molecule has 0 radical (unpaired) electrons. The lowest BCUT2D eigenvalue weighted by atomic mass is 10.2. The van der Waals surface area contributed by atoms with Crippen molar-refractivity contribution in [3.05, 3.63) is 53.4 Å². The number of likely N-dealkylation sites (tertiary alicyclic amines) is 1. The molecule has 0 spiro atoms. The van der Waals surface area contributed by atoms with E-state index in [0.717, 1.165) is 24.2 Å². The highest BCUT2D eigenvalue weighted by atomic mass is 16.5. The number of carbonyl (C=O) groups excluding carboxylic acids is 1. The van der Waals surface area contributed by atoms with Gasteiger partial charge in [-0.05, 0) is 30.5 Å². The van der Waals surface area contributed by atoms with Gasteiger partial charge in [0.25, 0.3) is 5.91 Å². The van der Waals surface area contributed by atoms with Gasteiger partial charge < -0.3 is 14.2 Å². The van der Waals surface area contributed by atoms with Gasteiger partial charge in [0.1, 0.15) is 11.8 Å². The molecule has 1 fully saturated rings. The molecule has 0 bridgehead atoms. The maximum absolute atomic E-state index is 13.0. The van der Waals surface area contributed by atoms with E-state index in [-0.39, 0.29) is 17.9 Å². The molecule has 4 rings (SSSR count). The van der Waals surface area contributed by atoms with Crippen molar-refractivity contribution in [3.63, 3.8) is 0 Å². The van der Waals surface area contributed by atoms with Gasteiger partial charge in [0.05, 0.1) is 19.9 Å². The van der Waals surface area contributed by atoms with Gasteiger partial charge in [-0.25, -0.2) is 4.68 Å². The topological polar surface area (TPSA) is 99.2 Å². The molecule has 1 aliphatic rings. The average molecular weight is 396 g/mol. The van der Waals surface area contributed by atoms with Crippen LogP contribution in [-0.4, -0.2) is 49.6 Å². The number of methoxy groups -OCH3 is 1. The van der Waals surface area contributed by atoms with Gasteiger partial charge in [-0.1, -0.05) is 36.4 Å². The van der Waals surface area contributed by atoms with E-state index in [0.29, 0.717) is 30.5 Å². The minimum absolute atomic E-state index is 0.169. The van der Waals surface area contributed by atoms with E-state index in [4.69, 9.17) is 9.26 Å². The van der Waals surface area contributed by atoms with Crippen LogP contribution in [0.1, 0.15) is 66.4 Å². The van der Waals surface area contributed by atoms with Crippen molar-refractivity contribution in [1.82, 2.24) is 30.0 Å². The number of rotatable bonds is 6. The molecule has 3 heterocycles. The summed E-state index contributed by atoms with van der Waals surface area (Å²) in [6.07, 6.45) is 3.36. The second-order valence-electron chi connectivity index (χ2n) is 7.45. The smallest absolute Gasteiger partial charge is 0.276 e. The molecule has 3 aromatic rings. The van der Waals surface area contributed by atoms with E-state index in [1.54, 1.807) is 22.9 Å². The zero-order chi connectivity index (χ0) is 20.4. The highest BCUT2D eigenvalue weighted by Gasteiger charge is 2.35. The van der Waals surface area contributed by atoms with Gasteiger partial charge in [-0.15, -0.1) is 5.10 Å². The van der Waals surface area contributed by atoms with Crippen LogP contribution in [0.4, 0.5) is 0 Å². The summed E-state index contributed by atoms with van der Waals surface area (Å²) in [5, 5.41) is 12.2. The summed E-state index contributed by atoms with van der Waals surface area (Å²) in [4.78, 5) is 19.2. The van der Waals surface area contributed by atoms with E-state index in [1.807, 2.05) is 38.1 Å². The van der Waals surface area contributed by atoms with Crippen LogP contribution in [0.5, 0.6) is 5.75 Å². The molecule has 9 nitrogen and oxygen atoms in total. The number of hydrogen-bond acceptors (Lipinski definition) is 7. The number of carbonyl (C=O) groups is 1. The van der Waals surface area contributed by atoms with Gasteiger partial charge in [0, 0.05) is 12.5 Å². The molecule has 2 aromatic heterocycles. The van der Waals surface area contributed by atoms with E-state index in [2.05, 4.69) is 20.5 Å². The molecule has 9 heteroatoms. The van der Waals surface area contributed by atoms with E-state index >= 15 is 0 Å². The van der Waals surface area contributed by atoms with Gasteiger partial charge in [-0.2, -0.15) is 4.98 Å². The maximum Gasteiger partial charge on any atom is 0.276 e. The fourth-order valence-corrected chi connectivity index (χ4v) is 3.42. The number of hydrogen-bond donors (Lipinski definition) is 0. The van der Waals surface area contributed by atoms with Crippen LogP contribution < -0.4 is 4.74 Å². The molecule has 1 atom stereocenters. The Morgan fingerprint density at radius 2 is 2.10 bits per heavy atom. The summed E-state index contributed by atoms with van der Waals surface area (Å²) in [5.41, 5.74) is 1.36. The minimum atomic E-state index is -0.214. The average Bonchev–Trinajstić information content (AvgIpc) is 3.47. The quantitative estimate of drug-likeness (QED) is 0.632. The highest BCUT2D eigenvalue weighted by molar-refractivity contribution is 5.92. The fraction of sp³-hybridized carbons (Fsp3) is 0.450. The van der Waals surface area contributed by atoms with Crippen LogP contribution in [0.25, 0.3) is 0 Å². The standard InChI is InChI=1S/C20H24N6O3/c1-13(2)18-21-19(29-23-18)17-5-4-10-26(17)20(27)16-12-25(24-22-16)11-14-6-8-15(28-3)9-7-14/h6-9,12-13,17H,4-5,10-11H2,1-3H3/t17-/m1/s1. The highest BCUT2D eigenvalue weighted by Crippen LogP contribution is 2.32. The number of ether oxygens (including phenoxy) is 1. The lowest BCUT2D eigenvalue weighted by Gasteiger charge is -2.20. The lowest BCUT2D eigenvalue weighted by molar-refractivity contribution is 0.0704. The third-order valence-corrected chi connectivity index (χ3v) is 5.03. The molecule has 1 saturated heterocycles. The minimum Gasteiger partial charge on any atom is -0.497 e. The number of nitrogens with zero attached hydrogens (tertiary/aromatic N) is 6. The summed E-state index contributed by atoms with van der Waals surface area (Å²) in [6.45, 7) is 5.17. The summed E-state index contributed by atoms with van der Waals surface area (Å²) < 4.78 is 12.2. The second kappa shape index (κ2) is 8.02. The van der Waals surface area contributed by atoms with Gasteiger partial charge in [0.2, 0.25) is 5.89 Å². The van der Waals surface area contributed by atoms with E-state index < -0.39 is 0 Å². The van der Waals surface area contributed by atoms with Gasteiger partial charge in [0.15, 0.2) is 11.5 Å². The SMILES string of the molecule is COc1ccc(Cn2cc(C(=O)N3CCC[C@@H]3c3nc(C(C)C)no3)nn2)cc1. The summed E-state index contributed by atoms with van der Waals surface area (Å²) in [5.74, 6) is 1.95. The van der Waals surface area contributed by atoms with Crippen LogP contribution in [0.15, 0.2) is 35.0 Å². The van der Waals surface area contributed by atoms with Crippen molar-refractivity contribution >= 4 is 5.91 Å². The predicted octanol–water partition coefficient (Wildman–Crippen LogP) is 2.82.